The van der Waals surface area contributed by atoms with Crippen molar-refractivity contribution in [2.24, 2.45) is 0 Å². The average molecular weight is 366 g/mol. The van der Waals surface area contributed by atoms with Crippen molar-refractivity contribution in [1.82, 2.24) is 19.9 Å². The molecule has 8 heteroatoms. The van der Waals surface area contributed by atoms with E-state index in [2.05, 4.69) is 25.2 Å². The number of sulfonamides is 1. The molecule has 1 atom stereocenters. The van der Waals surface area contributed by atoms with Gasteiger partial charge in [-0.2, -0.15) is 5.10 Å². The highest BCUT2D eigenvalue weighted by Crippen LogP contribution is 2.12. The van der Waals surface area contributed by atoms with Crippen LogP contribution in [0.2, 0.25) is 0 Å². The molecule has 0 radical (unpaired) electrons. The molecule has 0 aliphatic rings. The van der Waals surface area contributed by atoms with Crippen LogP contribution in [0.1, 0.15) is 44.4 Å². The molecule has 0 amide bonds. The maximum absolute atomic E-state index is 12.3. The zero-order chi connectivity index (χ0) is 18.3. The second-order valence-corrected chi connectivity index (χ2v) is 7.95. The van der Waals surface area contributed by atoms with Crippen molar-refractivity contribution in [2.45, 2.75) is 57.4 Å². The van der Waals surface area contributed by atoms with E-state index in [1.54, 1.807) is 12.1 Å². The Balaban J connectivity index is 1.83. The molecule has 0 bridgehead atoms. The lowest BCUT2D eigenvalue weighted by molar-refractivity contribution is 0.543. The van der Waals surface area contributed by atoms with Gasteiger partial charge in [-0.15, -0.1) is 0 Å². The van der Waals surface area contributed by atoms with E-state index in [0.29, 0.717) is 5.82 Å². The number of aromatic amines is 1. The van der Waals surface area contributed by atoms with Crippen LogP contribution >= 0.6 is 0 Å². The van der Waals surface area contributed by atoms with Gasteiger partial charge in [-0.25, -0.2) is 18.1 Å². The Bertz CT molecular complexity index is 756. The van der Waals surface area contributed by atoms with Crippen molar-refractivity contribution < 1.29 is 8.42 Å². The highest BCUT2D eigenvalue weighted by atomic mass is 32.2. The standard InChI is InChI=1S/C17H27N5O2S/c1-4-6-13(2)22-25(23,24)16-8-9-17(19-12-16)18-10-5-7-15-11-20-21-14(15)3/h8-9,11-13,22H,4-7,10H2,1-3H3,(H,18,19)(H,20,21). The van der Waals surface area contributed by atoms with Crippen LogP contribution in [-0.2, 0) is 16.4 Å². The second kappa shape index (κ2) is 8.96. The zero-order valence-electron chi connectivity index (χ0n) is 15.0. The van der Waals surface area contributed by atoms with Gasteiger partial charge in [0.15, 0.2) is 0 Å². The third-order valence-electron chi connectivity index (χ3n) is 3.99. The molecule has 138 valence electrons. The van der Waals surface area contributed by atoms with Crippen molar-refractivity contribution in [1.29, 1.82) is 0 Å². The fourth-order valence-corrected chi connectivity index (χ4v) is 3.81. The molecule has 1 unspecified atom stereocenters. The minimum absolute atomic E-state index is 0.0841. The van der Waals surface area contributed by atoms with Crippen LogP contribution in [0.3, 0.4) is 0 Å². The molecule has 7 nitrogen and oxygen atoms in total. The highest BCUT2D eigenvalue weighted by molar-refractivity contribution is 7.89. The number of aromatic nitrogens is 3. The molecule has 0 aliphatic carbocycles. The molecule has 2 heterocycles. The maximum Gasteiger partial charge on any atom is 0.242 e. The molecule has 0 saturated carbocycles. The quantitative estimate of drug-likeness (QED) is 0.562. The van der Waals surface area contributed by atoms with E-state index in [0.717, 1.165) is 37.9 Å². The first-order chi connectivity index (χ1) is 11.9. The summed E-state index contributed by atoms with van der Waals surface area (Å²) >= 11 is 0. The number of H-pyrrole nitrogens is 1. The predicted octanol–water partition coefficient (Wildman–Crippen LogP) is 2.62. The van der Waals surface area contributed by atoms with Crippen molar-refractivity contribution in [3.8, 4) is 0 Å². The largest absolute Gasteiger partial charge is 0.370 e. The summed E-state index contributed by atoms with van der Waals surface area (Å²) in [4.78, 5) is 4.39. The van der Waals surface area contributed by atoms with Gasteiger partial charge in [0.2, 0.25) is 10.0 Å². The van der Waals surface area contributed by atoms with Gasteiger partial charge < -0.3 is 5.32 Å². The third kappa shape index (κ3) is 5.82. The summed E-state index contributed by atoms with van der Waals surface area (Å²) < 4.78 is 27.2. The van der Waals surface area contributed by atoms with Crippen LogP contribution in [-0.4, -0.2) is 36.2 Å². The van der Waals surface area contributed by atoms with E-state index in [-0.39, 0.29) is 10.9 Å². The lowest BCUT2D eigenvalue weighted by Gasteiger charge is -2.13. The molecular formula is C17H27N5O2S. The molecule has 0 fully saturated rings. The molecule has 0 aromatic carbocycles. The third-order valence-corrected chi connectivity index (χ3v) is 5.56. The van der Waals surface area contributed by atoms with E-state index in [9.17, 15) is 8.42 Å². The summed E-state index contributed by atoms with van der Waals surface area (Å²) in [6.45, 7) is 6.66. The fraction of sp³-hybridized carbons (Fsp3) is 0.529. The topological polar surface area (TPSA) is 99.8 Å². The molecule has 0 aliphatic heterocycles. The van der Waals surface area contributed by atoms with Crippen LogP contribution in [0.4, 0.5) is 5.82 Å². The average Bonchev–Trinajstić information content (AvgIpc) is 2.97. The van der Waals surface area contributed by atoms with Gasteiger partial charge in [0, 0.05) is 24.5 Å². The minimum atomic E-state index is -3.51. The predicted molar refractivity (Wildman–Crippen MR) is 99.1 cm³/mol. The Labute approximate surface area is 149 Å². The molecule has 25 heavy (non-hydrogen) atoms. The molecule has 2 aromatic heterocycles. The summed E-state index contributed by atoms with van der Waals surface area (Å²) in [5.74, 6) is 0.671. The van der Waals surface area contributed by atoms with E-state index in [1.165, 1.54) is 11.8 Å². The van der Waals surface area contributed by atoms with Crippen molar-refractivity contribution >= 4 is 15.8 Å². The Morgan fingerprint density at radius 2 is 2.08 bits per heavy atom. The van der Waals surface area contributed by atoms with Crippen LogP contribution in [0, 0.1) is 6.92 Å². The number of nitrogens with zero attached hydrogens (tertiary/aromatic N) is 2. The van der Waals surface area contributed by atoms with Crippen molar-refractivity contribution in [2.75, 3.05) is 11.9 Å². The Morgan fingerprint density at radius 1 is 1.28 bits per heavy atom. The minimum Gasteiger partial charge on any atom is -0.370 e. The van der Waals surface area contributed by atoms with Crippen LogP contribution in [0.5, 0.6) is 0 Å². The Hall–Kier alpha value is -1.93. The van der Waals surface area contributed by atoms with Gasteiger partial charge in [-0.1, -0.05) is 13.3 Å². The summed E-state index contributed by atoms with van der Waals surface area (Å²) in [5, 5.41) is 10.1. The Kier molecular flexibility index (Phi) is 6.95. The van der Waals surface area contributed by atoms with Gasteiger partial charge >= 0.3 is 0 Å². The zero-order valence-corrected chi connectivity index (χ0v) is 15.9. The Morgan fingerprint density at radius 3 is 2.68 bits per heavy atom. The number of rotatable bonds is 10. The number of anilines is 1. The van der Waals surface area contributed by atoms with Crippen LogP contribution < -0.4 is 10.0 Å². The molecule has 2 rings (SSSR count). The van der Waals surface area contributed by atoms with Gasteiger partial charge in [-0.05, 0) is 50.8 Å². The lowest BCUT2D eigenvalue weighted by atomic mass is 10.1. The SMILES string of the molecule is CCCC(C)NS(=O)(=O)c1ccc(NCCCc2cn[nH]c2C)nc1. The summed E-state index contributed by atoms with van der Waals surface area (Å²) in [5.41, 5.74) is 2.31. The summed E-state index contributed by atoms with van der Waals surface area (Å²) in [6.07, 6.45) is 6.86. The van der Waals surface area contributed by atoms with Crippen LogP contribution in [0.25, 0.3) is 0 Å². The van der Waals surface area contributed by atoms with Gasteiger partial charge in [0.1, 0.15) is 10.7 Å². The fourth-order valence-electron chi connectivity index (χ4n) is 2.59. The first kappa shape index (κ1) is 19.4. The van der Waals surface area contributed by atoms with Gasteiger partial charge in [0.05, 0.1) is 6.20 Å². The smallest absolute Gasteiger partial charge is 0.242 e. The summed E-state index contributed by atoms with van der Waals surface area (Å²) in [6, 6.07) is 3.19. The molecule has 0 spiro atoms. The van der Waals surface area contributed by atoms with Crippen molar-refractivity contribution in [3.05, 3.63) is 35.8 Å². The normalized spacial score (nSPS) is 12.9. The van der Waals surface area contributed by atoms with E-state index in [4.69, 9.17) is 0 Å². The second-order valence-electron chi connectivity index (χ2n) is 6.24. The number of pyridine rings is 1. The van der Waals surface area contributed by atoms with E-state index in [1.807, 2.05) is 27.0 Å². The van der Waals surface area contributed by atoms with Gasteiger partial charge in [-0.3, -0.25) is 5.10 Å². The van der Waals surface area contributed by atoms with Crippen LogP contribution in [0.15, 0.2) is 29.4 Å². The number of nitrogens with one attached hydrogen (secondary N) is 3. The maximum atomic E-state index is 12.3. The van der Waals surface area contributed by atoms with E-state index < -0.39 is 10.0 Å². The van der Waals surface area contributed by atoms with Crippen molar-refractivity contribution in [3.63, 3.8) is 0 Å². The van der Waals surface area contributed by atoms with Gasteiger partial charge in [0.25, 0.3) is 0 Å². The molecular weight excluding hydrogens is 338 g/mol. The lowest BCUT2D eigenvalue weighted by Crippen LogP contribution is -2.32. The molecule has 3 N–H and O–H groups in total. The number of hydrogen-bond acceptors (Lipinski definition) is 5. The van der Waals surface area contributed by atoms with E-state index >= 15 is 0 Å². The first-order valence-electron chi connectivity index (χ1n) is 8.63. The highest BCUT2D eigenvalue weighted by Gasteiger charge is 2.17. The number of hydrogen-bond donors (Lipinski definition) is 3. The monoisotopic (exact) mass is 365 g/mol. The summed E-state index contributed by atoms with van der Waals surface area (Å²) in [7, 11) is -3.51. The molecule has 2 aromatic rings. The first-order valence-corrected chi connectivity index (χ1v) is 10.1. The number of aryl methyl sites for hydroxylation is 2. The molecule has 0 saturated heterocycles.